The molecule has 0 spiro atoms. The van der Waals surface area contributed by atoms with Gasteiger partial charge in [-0.25, -0.2) is 4.39 Å². The lowest BCUT2D eigenvalue weighted by Gasteiger charge is -2.33. The minimum Gasteiger partial charge on any atom is -0.478 e. The number of likely N-dealkylation sites (tertiary alicyclic amines) is 1. The zero-order chi connectivity index (χ0) is 17.7. The van der Waals surface area contributed by atoms with E-state index in [1.54, 1.807) is 13.0 Å². The van der Waals surface area contributed by atoms with Crippen LogP contribution in [0.2, 0.25) is 0 Å². The molecular weight excluding hydrogens is 375 g/mol. The Balaban J connectivity index is 1.80. The Hall–Kier alpha value is -1.14. The van der Waals surface area contributed by atoms with Gasteiger partial charge in [-0.2, -0.15) is 0 Å². The third-order valence-electron chi connectivity index (χ3n) is 4.12. The normalized spacial score (nSPS) is 17.8. The van der Waals surface area contributed by atoms with Crippen LogP contribution in [0, 0.1) is 11.7 Å². The number of amides is 1. The summed E-state index contributed by atoms with van der Waals surface area (Å²) in [5, 5.41) is 3.02. The molecule has 1 N–H and O–H groups in total. The van der Waals surface area contributed by atoms with Gasteiger partial charge in [0.15, 0.2) is 17.7 Å². The first kappa shape index (κ1) is 19.2. The van der Waals surface area contributed by atoms with E-state index in [9.17, 15) is 9.18 Å². The molecule has 134 valence electrons. The van der Waals surface area contributed by atoms with Crippen LogP contribution in [-0.4, -0.2) is 42.6 Å². The summed E-state index contributed by atoms with van der Waals surface area (Å²) in [5.74, 6) is 0.0728. The van der Waals surface area contributed by atoms with Gasteiger partial charge in [0.05, 0.1) is 0 Å². The number of nitrogens with one attached hydrogen (secondary N) is 1. The molecule has 6 heteroatoms. The van der Waals surface area contributed by atoms with Crippen LogP contribution in [0.15, 0.2) is 22.7 Å². The molecule has 24 heavy (non-hydrogen) atoms. The molecule has 2 rings (SSSR count). The monoisotopic (exact) mass is 400 g/mol. The smallest absolute Gasteiger partial charge is 0.260 e. The summed E-state index contributed by atoms with van der Waals surface area (Å²) in [5.41, 5.74) is 0. The highest BCUT2D eigenvalue weighted by Gasteiger charge is 2.24. The van der Waals surface area contributed by atoms with E-state index in [-0.39, 0.29) is 17.7 Å². The summed E-state index contributed by atoms with van der Waals surface area (Å²) in [4.78, 5) is 14.7. The molecule has 1 fully saturated rings. The Morgan fingerprint density at radius 3 is 2.62 bits per heavy atom. The topological polar surface area (TPSA) is 41.6 Å². The number of nitrogens with zero attached hydrogens (tertiary/aromatic N) is 1. The van der Waals surface area contributed by atoms with Crippen molar-refractivity contribution >= 4 is 21.8 Å². The zero-order valence-electron chi connectivity index (χ0n) is 14.5. The number of benzene rings is 1. The number of halogens is 2. The standard InChI is InChI=1S/C18H26BrFN2O2/c1-12(2)11-22-8-6-15(7-9-22)21-18(23)13(3)24-17-5-4-14(19)10-16(17)20/h4-5,10,12-13,15H,6-9,11H2,1-3H3,(H,21,23)/t13-/m1/s1. The summed E-state index contributed by atoms with van der Waals surface area (Å²) in [7, 11) is 0. The van der Waals surface area contributed by atoms with Gasteiger partial charge in [-0.3, -0.25) is 4.79 Å². The Morgan fingerprint density at radius 2 is 2.04 bits per heavy atom. The van der Waals surface area contributed by atoms with Crippen LogP contribution in [0.25, 0.3) is 0 Å². The number of carbonyl (C=O) groups excluding carboxylic acids is 1. The second kappa shape index (κ2) is 8.81. The molecule has 1 aliphatic rings. The fraction of sp³-hybridized carbons (Fsp3) is 0.611. The van der Waals surface area contributed by atoms with Crippen molar-refractivity contribution < 1.29 is 13.9 Å². The molecule has 1 heterocycles. The lowest BCUT2D eigenvalue weighted by atomic mass is 10.0. The molecule has 1 atom stereocenters. The maximum absolute atomic E-state index is 13.8. The number of piperidine rings is 1. The van der Waals surface area contributed by atoms with Gasteiger partial charge in [0, 0.05) is 30.1 Å². The second-order valence-electron chi connectivity index (χ2n) is 6.81. The first-order valence-corrected chi connectivity index (χ1v) is 9.29. The van der Waals surface area contributed by atoms with Gasteiger partial charge in [0.2, 0.25) is 0 Å². The Labute approximate surface area is 151 Å². The third kappa shape index (κ3) is 5.74. The first-order chi connectivity index (χ1) is 11.3. The SMILES string of the molecule is CC(C)CN1CCC(NC(=O)[C@@H](C)Oc2ccc(Br)cc2F)CC1. The van der Waals surface area contributed by atoms with Crippen LogP contribution in [0.5, 0.6) is 5.75 Å². The molecule has 0 aromatic heterocycles. The molecule has 1 aliphatic heterocycles. The Kier molecular flexibility index (Phi) is 7.04. The average Bonchev–Trinajstić information content (AvgIpc) is 2.51. The number of rotatable bonds is 6. The summed E-state index contributed by atoms with van der Waals surface area (Å²) >= 11 is 3.20. The minimum atomic E-state index is -0.727. The van der Waals surface area contributed by atoms with Gasteiger partial charge in [0.1, 0.15) is 0 Å². The highest BCUT2D eigenvalue weighted by molar-refractivity contribution is 9.10. The van der Waals surface area contributed by atoms with Gasteiger partial charge in [-0.05, 0) is 43.9 Å². The second-order valence-corrected chi connectivity index (χ2v) is 7.73. The lowest BCUT2D eigenvalue weighted by molar-refractivity contribution is -0.128. The zero-order valence-corrected chi connectivity index (χ0v) is 16.1. The van der Waals surface area contributed by atoms with Crippen LogP contribution in [0.4, 0.5) is 4.39 Å². The molecule has 1 aromatic rings. The Morgan fingerprint density at radius 1 is 1.38 bits per heavy atom. The van der Waals surface area contributed by atoms with Gasteiger partial charge in [0.25, 0.3) is 5.91 Å². The quantitative estimate of drug-likeness (QED) is 0.792. The molecular formula is C18H26BrFN2O2. The number of hydrogen-bond acceptors (Lipinski definition) is 3. The van der Waals surface area contributed by atoms with E-state index in [1.165, 1.54) is 12.1 Å². The number of hydrogen-bond donors (Lipinski definition) is 1. The highest BCUT2D eigenvalue weighted by atomic mass is 79.9. The molecule has 0 radical (unpaired) electrons. The van der Waals surface area contributed by atoms with E-state index in [0.717, 1.165) is 32.5 Å². The van der Waals surface area contributed by atoms with E-state index in [0.29, 0.717) is 10.4 Å². The van der Waals surface area contributed by atoms with Crippen LogP contribution in [-0.2, 0) is 4.79 Å². The van der Waals surface area contributed by atoms with Gasteiger partial charge in [-0.1, -0.05) is 29.8 Å². The maximum atomic E-state index is 13.8. The van der Waals surface area contributed by atoms with Crippen molar-refractivity contribution in [2.24, 2.45) is 5.92 Å². The minimum absolute atomic E-state index is 0.0904. The largest absolute Gasteiger partial charge is 0.478 e. The van der Waals surface area contributed by atoms with Crippen molar-refractivity contribution in [1.29, 1.82) is 0 Å². The Bertz CT molecular complexity index is 560. The fourth-order valence-corrected chi connectivity index (χ4v) is 3.24. The van der Waals surface area contributed by atoms with Gasteiger partial charge < -0.3 is 15.0 Å². The third-order valence-corrected chi connectivity index (χ3v) is 4.62. The number of carbonyl (C=O) groups is 1. The lowest BCUT2D eigenvalue weighted by Crippen LogP contribution is -2.48. The van der Waals surface area contributed by atoms with Crippen molar-refractivity contribution in [3.8, 4) is 5.75 Å². The van der Waals surface area contributed by atoms with Crippen molar-refractivity contribution in [3.05, 3.63) is 28.5 Å². The molecule has 0 bridgehead atoms. The van der Waals surface area contributed by atoms with Crippen molar-refractivity contribution in [3.63, 3.8) is 0 Å². The van der Waals surface area contributed by atoms with Crippen LogP contribution in [0.3, 0.4) is 0 Å². The predicted octanol–water partition coefficient (Wildman–Crippen LogP) is 3.59. The van der Waals surface area contributed by atoms with Gasteiger partial charge in [-0.15, -0.1) is 0 Å². The summed E-state index contributed by atoms with van der Waals surface area (Å²) in [6.45, 7) is 9.18. The molecule has 0 aliphatic carbocycles. The van der Waals surface area contributed by atoms with Gasteiger partial charge >= 0.3 is 0 Å². The summed E-state index contributed by atoms with van der Waals surface area (Å²) in [6.07, 6.45) is 1.16. The number of ether oxygens (including phenoxy) is 1. The highest BCUT2D eigenvalue weighted by Crippen LogP contribution is 2.22. The van der Waals surface area contributed by atoms with E-state index < -0.39 is 11.9 Å². The maximum Gasteiger partial charge on any atom is 0.260 e. The van der Waals surface area contributed by atoms with Crippen molar-refractivity contribution in [1.82, 2.24) is 10.2 Å². The van der Waals surface area contributed by atoms with Crippen molar-refractivity contribution in [2.75, 3.05) is 19.6 Å². The molecule has 0 unspecified atom stereocenters. The van der Waals surface area contributed by atoms with E-state index >= 15 is 0 Å². The van der Waals surface area contributed by atoms with E-state index in [4.69, 9.17) is 4.74 Å². The van der Waals surface area contributed by atoms with Crippen molar-refractivity contribution in [2.45, 2.75) is 45.8 Å². The molecule has 1 amide bonds. The summed E-state index contributed by atoms with van der Waals surface area (Å²) < 4.78 is 19.9. The van der Waals surface area contributed by atoms with E-state index in [2.05, 4.69) is 40.0 Å². The fourth-order valence-electron chi connectivity index (χ4n) is 2.91. The molecule has 0 saturated carbocycles. The molecule has 1 saturated heterocycles. The van der Waals surface area contributed by atoms with Crippen LogP contribution in [0.1, 0.15) is 33.6 Å². The molecule has 1 aromatic carbocycles. The van der Waals surface area contributed by atoms with Crippen LogP contribution >= 0.6 is 15.9 Å². The van der Waals surface area contributed by atoms with Crippen LogP contribution < -0.4 is 10.1 Å². The average molecular weight is 401 g/mol. The summed E-state index contributed by atoms with van der Waals surface area (Å²) in [6, 6.07) is 4.70. The first-order valence-electron chi connectivity index (χ1n) is 8.49. The predicted molar refractivity (Wildman–Crippen MR) is 96.6 cm³/mol. The molecule has 4 nitrogen and oxygen atoms in total. The van der Waals surface area contributed by atoms with E-state index in [1.807, 2.05) is 0 Å².